The topological polar surface area (TPSA) is 79.8 Å². The smallest absolute Gasteiger partial charge is 0.234 e. The third-order valence-electron chi connectivity index (χ3n) is 5.27. The molecule has 0 fully saturated rings. The van der Waals surface area contributed by atoms with E-state index < -0.39 is 5.54 Å². The Morgan fingerprint density at radius 1 is 1.10 bits per heavy atom. The van der Waals surface area contributed by atoms with E-state index in [1.54, 1.807) is 0 Å². The van der Waals surface area contributed by atoms with Gasteiger partial charge in [-0.05, 0) is 61.6 Å². The molecule has 1 atom stereocenters. The van der Waals surface area contributed by atoms with Crippen LogP contribution in [0.25, 0.3) is 0 Å². The molecule has 0 saturated heterocycles. The molecule has 0 bridgehead atoms. The van der Waals surface area contributed by atoms with E-state index in [0.717, 1.165) is 36.3 Å². The maximum atomic E-state index is 12.3. The van der Waals surface area contributed by atoms with Crippen molar-refractivity contribution in [1.29, 1.82) is 0 Å². The summed E-state index contributed by atoms with van der Waals surface area (Å²) in [6.45, 7) is 3.49. The molecule has 2 aromatic carbocycles. The minimum Gasteiger partial charge on any atom is -0.494 e. The minimum atomic E-state index is -0.551. The quantitative estimate of drug-likeness (QED) is 0.536. The Morgan fingerprint density at radius 2 is 1.83 bits per heavy atom. The summed E-state index contributed by atoms with van der Waals surface area (Å²) in [5.41, 5.74) is 1.79. The molecule has 0 radical (unpaired) electrons. The van der Waals surface area contributed by atoms with Crippen LogP contribution in [0.4, 0.5) is 0 Å². The van der Waals surface area contributed by atoms with Crippen molar-refractivity contribution >= 4 is 5.91 Å². The van der Waals surface area contributed by atoms with E-state index in [4.69, 9.17) is 9.47 Å². The molecule has 1 amide bonds. The maximum absolute atomic E-state index is 12.3. The average Bonchev–Trinajstić information content (AvgIpc) is 2.76. The Hall–Kier alpha value is -2.57. The summed E-state index contributed by atoms with van der Waals surface area (Å²) < 4.78 is 11.0. The lowest BCUT2D eigenvalue weighted by Crippen LogP contribution is -2.51. The van der Waals surface area contributed by atoms with E-state index in [-0.39, 0.29) is 19.1 Å². The van der Waals surface area contributed by atoms with E-state index in [2.05, 4.69) is 16.7 Å². The molecule has 2 aromatic rings. The van der Waals surface area contributed by atoms with Gasteiger partial charge in [-0.3, -0.25) is 10.1 Å². The SMILES string of the molecule is CCOc1ccc(OCCNC(=O)CN[C@]2(CO)CCCc3ccccc32)cc1. The minimum absolute atomic E-state index is 0.0296. The predicted molar refractivity (Wildman–Crippen MR) is 112 cm³/mol. The van der Waals surface area contributed by atoms with Crippen molar-refractivity contribution in [3.8, 4) is 11.5 Å². The van der Waals surface area contributed by atoms with Crippen LogP contribution >= 0.6 is 0 Å². The van der Waals surface area contributed by atoms with Crippen molar-refractivity contribution < 1.29 is 19.4 Å². The molecule has 0 unspecified atom stereocenters. The summed E-state index contributed by atoms with van der Waals surface area (Å²) in [6, 6.07) is 15.5. The van der Waals surface area contributed by atoms with Gasteiger partial charge < -0.3 is 19.9 Å². The van der Waals surface area contributed by atoms with Gasteiger partial charge in [-0.1, -0.05) is 24.3 Å². The molecule has 156 valence electrons. The second kappa shape index (κ2) is 10.3. The van der Waals surface area contributed by atoms with Crippen LogP contribution in [0, 0.1) is 0 Å². The lowest BCUT2D eigenvalue weighted by Gasteiger charge is -2.38. The highest BCUT2D eigenvalue weighted by Gasteiger charge is 2.35. The van der Waals surface area contributed by atoms with Gasteiger partial charge in [-0.25, -0.2) is 0 Å². The third kappa shape index (κ3) is 5.49. The van der Waals surface area contributed by atoms with Crippen LogP contribution in [0.1, 0.15) is 30.9 Å². The number of aliphatic hydroxyl groups is 1. The zero-order valence-corrected chi connectivity index (χ0v) is 16.9. The number of ether oxygens (including phenoxy) is 2. The lowest BCUT2D eigenvalue weighted by atomic mass is 9.77. The monoisotopic (exact) mass is 398 g/mol. The number of carbonyl (C=O) groups is 1. The fourth-order valence-corrected chi connectivity index (χ4v) is 3.79. The largest absolute Gasteiger partial charge is 0.494 e. The molecule has 3 rings (SSSR count). The molecule has 29 heavy (non-hydrogen) atoms. The van der Waals surface area contributed by atoms with Gasteiger partial charge in [0.25, 0.3) is 0 Å². The summed E-state index contributed by atoms with van der Waals surface area (Å²) in [4.78, 5) is 12.3. The Kier molecular flexibility index (Phi) is 7.49. The number of aliphatic hydroxyl groups excluding tert-OH is 1. The number of hydrogen-bond donors (Lipinski definition) is 3. The molecule has 1 aliphatic rings. The molecule has 6 nitrogen and oxygen atoms in total. The first-order chi connectivity index (χ1) is 14.2. The van der Waals surface area contributed by atoms with Crippen LogP contribution in [-0.4, -0.2) is 43.9 Å². The van der Waals surface area contributed by atoms with Crippen LogP contribution in [0.2, 0.25) is 0 Å². The number of amides is 1. The zero-order chi connectivity index (χ0) is 20.5. The number of rotatable bonds is 10. The van der Waals surface area contributed by atoms with Gasteiger partial charge in [0.2, 0.25) is 5.91 Å². The molecule has 0 spiro atoms. The summed E-state index contributed by atoms with van der Waals surface area (Å²) in [5.74, 6) is 1.43. The van der Waals surface area contributed by atoms with Crippen molar-refractivity contribution in [1.82, 2.24) is 10.6 Å². The molecule has 0 saturated carbocycles. The lowest BCUT2D eigenvalue weighted by molar-refractivity contribution is -0.120. The van der Waals surface area contributed by atoms with E-state index in [0.29, 0.717) is 19.8 Å². The van der Waals surface area contributed by atoms with E-state index in [9.17, 15) is 9.90 Å². The molecule has 3 N–H and O–H groups in total. The van der Waals surface area contributed by atoms with Gasteiger partial charge in [-0.2, -0.15) is 0 Å². The van der Waals surface area contributed by atoms with Crippen molar-refractivity contribution in [2.24, 2.45) is 0 Å². The van der Waals surface area contributed by atoms with Crippen LogP contribution in [0.5, 0.6) is 11.5 Å². The second-order valence-electron chi connectivity index (χ2n) is 7.21. The van der Waals surface area contributed by atoms with Gasteiger partial charge in [0.15, 0.2) is 0 Å². The standard InChI is InChI=1S/C23H30N2O4/c1-2-28-19-9-11-20(12-10-19)29-15-14-24-22(27)16-25-23(17-26)13-5-7-18-6-3-4-8-21(18)23/h3-4,6,8-12,25-26H,2,5,7,13-17H2,1H3,(H,24,27)/t23-/m0/s1. The van der Waals surface area contributed by atoms with Crippen LogP contribution in [0.15, 0.2) is 48.5 Å². The highest BCUT2D eigenvalue weighted by Crippen LogP contribution is 2.34. The summed E-state index contributed by atoms with van der Waals surface area (Å²) >= 11 is 0. The molecule has 0 heterocycles. The molecule has 1 aliphatic carbocycles. The first-order valence-corrected chi connectivity index (χ1v) is 10.2. The van der Waals surface area contributed by atoms with Gasteiger partial charge in [0.05, 0.1) is 31.8 Å². The first-order valence-electron chi connectivity index (χ1n) is 10.2. The van der Waals surface area contributed by atoms with E-state index in [1.165, 1.54) is 5.56 Å². The second-order valence-corrected chi connectivity index (χ2v) is 7.21. The molecule has 0 aliphatic heterocycles. The Bertz CT molecular complexity index is 794. The van der Waals surface area contributed by atoms with E-state index >= 15 is 0 Å². The van der Waals surface area contributed by atoms with Crippen LogP contribution in [0.3, 0.4) is 0 Å². The van der Waals surface area contributed by atoms with Crippen molar-refractivity contribution in [3.05, 3.63) is 59.7 Å². The fraction of sp³-hybridized carbons (Fsp3) is 0.435. The highest BCUT2D eigenvalue weighted by atomic mass is 16.5. The number of carbonyl (C=O) groups excluding carboxylic acids is 1. The summed E-state index contributed by atoms with van der Waals surface area (Å²) in [6.07, 6.45) is 2.81. The third-order valence-corrected chi connectivity index (χ3v) is 5.27. The normalized spacial score (nSPS) is 18.0. The van der Waals surface area contributed by atoms with Crippen molar-refractivity contribution in [3.63, 3.8) is 0 Å². The molecular weight excluding hydrogens is 368 g/mol. The van der Waals surface area contributed by atoms with Crippen molar-refractivity contribution in [2.45, 2.75) is 31.7 Å². The van der Waals surface area contributed by atoms with Gasteiger partial charge in [0.1, 0.15) is 18.1 Å². The number of benzene rings is 2. The first kappa shape index (κ1) is 21.1. The van der Waals surface area contributed by atoms with Gasteiger partial charge in [-0.15, -0.1) is 0 Å². The number of hydrogen-bond acceptors (Lipinski definition) is 5. The summed E-state index contributed by atoms with van der Waals surface area (Å²) in [7, 11) is 0. The van der Waals surface area contributed by atoms with Gasteiger partial charge >= 0.3 is 0 Å². The molecule has 0 aromatic heterocycles. The Labute approximate surface area is 172 Å². The average molecular weight is 399 g/mol. The number of fused-ring (bicyclic) bond motifs is 1. The molecule has 6 heteroatoms. The van der Waals surface area contributed by atoms with E-state index in [1.807, 2.05) is 49.4 Å². The van der Waals surface area contributed by atoms with Crippen molar-refractivity contribution in [2.75, 3.05) is 32.9 Å². The number of aryl methyl sites for hydroxylation is 1. The highest BCUT2D eigenvalue weighted by molar-refractivity contribution is 5.78. The van der Waals surface area contributed by atoms with Crippen LogP contribution in [-0.2, 0) is 16.8 Å². The Morgan fingerprint density at radius 3 is 2.55 bits per heavy atom. The zero-order valence-electron chi connectivity index (χ0n) is 16.9. The maximum Gasteiger partial charge on any atom is 0.234 e. The summed E-state index contributed by atoms with van der Waals surface area (Å²) in [5, 5.41) is 16.2. The fourth-order valence-electron chi connectivity index (χ4n) is 3.79. The predicted octanol–water partition coefficient (Wildman–Crippen LogP) is 2.39. The van der Waals surface area contributed by atoms with Crippen LogP contribution < -0.4 is 20.1 Å². The Balaban J connectivity index is 1.43. The molecular formula is C23H30N2O4. The van der Waals surface area contributed by atoms with Gasteiger partial charge in [0, 0.05) is 0 Å². The number of nitrogens with one attached hydrogen (secondary N) is 2.